The van der Waals surface area contributed by atoms with Gasteiger partial charge in [0, 0.05) is 5.69 Å². The molecule has 2 rings (SSSR count). The zero-order chi connectivity index (χ0) is 12.6. The van der Waals surface area contributed by atoms with E-state index >= 15 is 0 Å². The summed E-state index contributed by atoms with van der Waals surface area (Å²) in [4.78, 5) is 26.3. The molecule has 2 aromatic rings. The lowest BCUT2D eigenvalue weighted by atomic mass is 10.2. The Labute approximate surface area is 95.9 Å². The SMILES string of the molecule is CCc1cc(C(=O)O)n2ncc(C(N)=O)c2n1. The van der Waals surface area contributed by atoms with Crippen LogP contribution in [0.2, 0.25) is 0 Å². The lowest BCUT2D eigenvalue weighted by molar-refractivity contribution is 0.0686. The molecule has 2 aromatic heterocycles. The molecular formula is C10H10N4O3. The number of hydrogen-bond acceptors (Lipinski definition) is 4. The third-order valence-electron chi connectivity index (χ3n) is 2.37. The van der Waals surface area contributed by atoms with Crippen LogP contribution in [-0.2, 0) is 6.42 Å². The lowest BCUT2D eigenvalue weighted by Gasteiger charge is -2.03. The van der Waals surface area contributed by atoms with E-state index in [4.69, 9.17) is 10.8 Å². The molecule has 0 saturated heterocycles. The van der Waals surface area contributed by atoms with E-state index in [1.807, 2.05) is 6.92 Å². The van der Waals surface area contributed by atoms with E-state index in [2.05, 4.69) is 10.1 Å². The van der Waals surface area contributed by atoms with E-state index < -0.39 is 11.9 Å². The van der Waals surface area contributed by atoms with Crippen LogP contribution in [0.25, 0.3) is 5.65 Å². The topological polar surface area (TPSA) is 111 Å². The molecule has 0 unspecified atom stereocenters. The quantitative estimate of drug-likeness (QED) is 0.781. The number of hydrogen-bond donors (Lipinski definition) is 2. The predicted octanol–water partition coefficient (Wildman–Crippen LogP) is 0.0888. The first kappa shape index (κ1) is 11.1. The molecule has 0 radical (unpaired) electrons. The Bertz CT molecular complexity index is 617. The highest BCUT2D eigenvalue weighted by Gasteiger charge is 2.17. The summed E-state index contributed by atoms with van der Waals surface area (Å²) in [6.07, 6.45) is 1.77. The number of carbonyl (C=O) groups excluding carboxylic acids is 1. The van der Waals surface area contributed by atoms with E-state index in [0.29, 0.717) is 12.1 Å². The number of carboxylic acids is 1. The zero-order valence-corrected chi connectivity index (χ0v) is 9.04. The summed E-state index contributed by atoms with van der Waals surface area (Å²) in [7, 11) is 0. The molecular weight excluding hydrogens is 224 g/mol. The van der Waals surface area contributed by atoms with Gasteiger partial charge in [-0.25, -0.2) is 14.3 Å². The van der Waals surface area contributed by atoms with Gasteiger partial charge in [-0.2, -0.15) is 5.10 Å². The molecule has 0 saturated carbocycles. The number of nitrogens with two attached hydrogens (primary N) is 1. The van der Waals surface area contributed by atoms with Crippen molar-refractivity contribution in [3.05, 3.63) is 29.2 Å². The minimum absolute atomic E-state index is 0.0423. The summed E-state index contributed by atoms with van der Waals surface area (Å²) in [6, 6.07) is 1.42. The number of fused-ring (bicyclic) bond motifs is 1. The number of carboxylic acid groups (broad SMARTS) is 1. The van der Waals surface area contributed by atoms with Gasteiger partial charge in [0.15, 0.2) is 11.3 Å². The van der Waals surface area contributed by atoms with Crippen molar-refractivity contribution in [3.63, 3.8) is 0 Å². The Kier molecular flexibility index (Phi) is 2.51. The van der Waals surface area contributed by atoms with Gasteiger partial charge in [0.05, 0.1) is 6.20 Å². The first-order chi connectivity index (χ1) is 8.04. The number of aromatic nitrogens is 3. The van der Waals surface area contributed by atoms with Crippen molar-refractivity contribution in [2.24, 2.45) is 5.73 Å². The molecule has 0 bridgehead atoms. The van der Waals surface area contributed by atoms with Crippen LogP contribution in [0.4, 0.5) is 0 Å². The fourth-order valence-electron chi connectivity index (χ4n) is 1.52. The summed E-state index contributed by atoms with van der Waals surface area (Å²) in [5, 5.41) is 12.9. The van der Waals surface area contributed by atoms with E-state index in [1.165, 1.54) is 12.3 Å². The molecule has 0 aliphatic carbocycles. The summed E-state index contributed by atoms with van der Waals surface area (Å²) in [6.45, 7) is 1.84. The Hall–Kier alpha value is -2.44. The fourth-order valence-corrected chi connectivity index (χ4v) is 1.52. The summed E-state index contributed by atoms with van der Waals surface area (Å²) in [5.41, 5.74) is 5.98. The van der Waals surface area contributed by atoms with Gasteiger partial charge in [-0.15, -0.1) is 0 Å². The van der Waals surface area contributed by atoms with Gasteiger partial charge in [0.1, 0.15) is 5.56 Å². The first-order valence-corrected chi connectivity index (χ1v) is 4.95. The van der Waals surface area contributed by atoms with Gasteiger partial charge >= 0.3 is 5.97 Å². The van der Waals surface area contributed by atoms with Crippen molar-refractivity contribution in [1.82, 2.24) is 14.6 Å². The molecule has 7 nitrogen and oxygen atoms in total. The standard InChI is InChI=1S/C10H10N4O3/c1-2-5-3-7(10(16)17)14-9(13-5)6(4-12-14)8(11)15/h3-4H,2H2,1H3,(H2,11,15)(H,16,17). The molecule has 0 aromatic carbocycles. The molecule has 0 atom stereocenters. The molecule has 0 spiro atoms. The molecule has 0 aliphatic heterocycles. The van der Waals surface area contributed by atoms with Crippen molar-refractivity contribution >= 4 is 17.5 Å². The zero-order valence-electron chi connectivity index (χ0n) is 9.04. The molecule has 88 valence electrons. The first-order valence-electron chi connectivity index (χ1n) is 4.95. The second kappa shape index (κ2) is 3.85. The number of aromatic carboxylic acids is 1. The maximum absolute atomic E-state index is 11.1. The van der Waals surface area contributed by atoms with Crippen molar-refractivity contribution in [1.29, 1.82) is 0 Å². The number of primary amides is 1. The van der Waals surface area contributed by atoms with Crippen LogP contribution in [0, 0.1) is 0 Å². The fraction of sp³-hybridized carbons (Fsp3) is 0.200. The summed E-state index contributed by atoms with van der Waals surface area (Å²) >= 11 is 0. The Morgan fingerprint density at radius 3 is 2.76 bits per heavy atom. The average molecular weight is 234 g/mol. The summed E-state index contributed by atoms with van der Waals surface area (Å²) < 4.78 is 1.10. The molecule has 1 amide bonds. The van der Waals surface area contributed by atoms with Crippen LogP contribution in [0.1, 0.15) is 33.5 Å². The smallest absolute Gasteiger partial charge is 0.354 e. The number of carbonyl (C=O) groups is 2. The summed E-state index contributed by atoms with van der Waals surface area (Å²) in [5.74, 6) is -1.82. The van der Waals surface area contributed by atoms with E-state index in [9.17, 15) is 9.59 Å². The number of amides is 1. The third kappa shape index (κ3) is 1.71. The van der Waals surface area contributed by atoms with Gasteiger partial charge < -0.3 is 10.8 Å². The molecule has 0 fully saturated rings. The van der Waals surface area contributed by atoms with Crippen molar-refractivity contribution in [3.8, 4) is 0 Å². The Balaban J connectivity index is 2.83. The van der Waals surface area contributed by atoms with Gasteiger partial charge in [-0.05, 0) is 12.5 Å². The van der Waals surface area contributed by atoms with Gasteiger partial charge in [-0.3, -0.25) is 4.79 Å². The lowest BCUT2D eigenvalue weighted by Crippen LogP contribution is -2.13. The number of rotatable bonds is 3. The number of nitrogens with zero attached hydrogens (tertiary/aromatic N) is 3. The van der Waals surface area contributed by atoms with Crippen LogP contribution < -0.4 is 5.73 Å². The van der Waals surface area contributed by atoms with Crippen LogP contribution in [0.5, 0.6) is 0 Å². The highest BCUT2D eigenvalue weighted by atomic mass is 16.4. The minimum Gasteiger partial charge on any atom is -0.477 e. The van der Waals surface area contributed by atoms with E-state index in [0.717, 1.165) is 4.52 Å². The maximum atomic E-state index is 11.1. The largest absolute Gasteiger partial charge is 0.477 e. The molecule has 3 N–H and O–H groups in total. The van der Waals surface area contributed by atoms with Crippen LogP contribution in [0.15, 0.2) is 12.3 Å². The van der Waals surface area contributed by atoms with E-state index in [1.54, 1.807) is 0 Å². The normalized spacial score (nSPS) is 10.6. The third-order valence-corrected chi connectivity index (χ3v) is 2.37. The average Bonchev–Trinajstić information content (AvgIpc) is 2.70. The van der Waals surface area contributed by atoms with Crippen LogP contribution in [-0.4, -0.2) is 31.6 Å². The van der Waals surface area contributed by atoms with Crippen LogP contribution in [0.3, 0.4) is 0 Å². The highest BCUT2D eigenvalue weighted by molar-refractivity contribution is 5.99. The van der Waals surface area contributed by atoms with Crippen LogP contribution >= 0.6 is 0 Å². The molecule has 0 aliphatic rings. The molecule has 17 heavy (non-hydrogen) atoms. The van der Waals surface area contributed by atoms with Crippen molar-refractivity contribution in [2.45, 2.75) is 13.3 Å². The van der Waals surface area contributed by atoms with Gasteiger partial charge in [-0.1, -0.05) is 6.92 Å². The second-order valence-corrected chi connectivity index (χ2v) is 3.45. The molecule has 2 heterocycles. The van der Waals surface area contributed by atoms with Gasteiger partial charge in [0.2, 0.25) is 0 Å². The minimum atomic E-state index is -1.13. The molecule has 7 heteroatoms. The highest BCUT2D eigenvalue weighted by Crippen LogP contribution is 2.12. The van der Waals surface area contributed by atoms with Crippen molar-refractivity contribution in [2.75, 3.05) is 0 Å². The van der Waals surface area contributed by atoms with Crippen molar-refractivity contribution < 1.29 is 14.7 Å². The Morgan fingerprint density at radius 1 is 1.53 bits per heavy atom. The van der Waals surface area contributed by atoms with E-state index in [-0.39, 0.29) is 16.9 Å². The second-order valence-electron chi connectivity index (χ2n) is 3.45. The Morgan fingerprint density at radius 2 is 2.24 bits per heavy atom. The monoisotopic (exact) mass is 234 g/mol. The number of aryl methyl sites for hydroxylation is 1. The maximum Gasteiger partial charge on any atom is 0.354 e. The van der Waals surface area contributed by atoms with Gasteiger partial charge in [0.25, 0.3) is 5.91 Å². The predicted molar refractivity (Wildman–Crippen MR) is 57.8 cm³/mol.